The number of nitrogens with zero attached hydrogens (tertiary/aromatic N) is 3. The molecule has 1 saturated heterocycles. The highest BCUT2D eigenvalue weighted by atomic mass is 19.1. The summed E-state index contributed by atoms with van der Waals surface area (Å²) >= 11 is 0. The van der Waals surface area contributed by atoms with E-state index in [1.807, 2.05) is 6.07 Å². The molecule has 2 aromatic rings. The van der Waals surface area contributed by atoms with Crippen LogP contribution in [-0.4, -0.2) is 45.9 Å². The summed E-state index contributed by atoms with van der Waals surface area (Å²) < 4.78 is 14.2. The predicted molar refractivity (Wildman–Crippen MR) is 83.4 cm³/mol. The average molecular weight is 317 g/mol. The molecule has 2 N–H and O–H groups in total. The minimum absolute atomic E-state index is 0.171. The first kappa shape index (κ1) is 15.6. The van der Waals surface area contributed by atoms with Crippen LogP contribution < -0.4 is 5.32 Å². The Balaban J connectivity index is 1.75. The van der Waals surface area contributed by atoms with Crippen LogP contribution in [0, 0.1) is 12.7 Å². The first-order valence-electron chi connectivity index (χ1n) is 7.81. The van der Waals surface area contributed by atoms with Gasteiger partial charge in [0.15, 0.2) is 5.69 Å². The molecule has 3 rings (SSSR count). The summed E-state index contributed by atoms with van der Waals surface area (Å²) in [5.74, 6) is -0.534. The highest BCUT2D eigenvalue weighted by molar-refractivity contribution is 5.93. The first-order chi connectivity index (χ1) is 11.2. The summed E-state index contributed by atoms with van der Waals surface area (Å²) in [5.41, 5.74) is 1.44. The fraction of sp³-hybridized carbons (Fsp3) is 0.438. The molecule has 122 valence electrons. The van der Waals surface area contributed by atoms with E-state index in [2.05, 4.69) is 25.6 Å². The average Bonchev–Trinajstić information content (AvgIpc) is 3.20. The standard InChI is InChI=1S/C16H20FN5O/c1-11-15(20-21-19-11)16(23)18-10-14(22-8-4-5-9-22)12-6-2-3-7-13(12)17/h2-3,6-7,14H,4-5,8-10H2,1H3,(H,18,23)(H,19,20,21)/t14-/m1/s1. The second-order valence-electron chi connectivity index (χ2n) is 5.75. The number of carbonyl (C=O) groups is 1. The van der Waals surface area contributed by atoms with Gasteiger partial charge in [0.2, 0.25) is 0 Å². The molecule has 0 bridgehead atoms. The van der Waals surface area contributed by atoms with Gasteiger partial charge in [-0.1, -0.05) is 18.2 Å². The number of hydrogen-bond acceptors (Lipinski definition) is 4. The fourth-order valence-corrected chi connectivity index (χ4v) is 3.01. The molecule has 0 saturated carbocycles. The van der Waals surface area contributed by atoms with Gasteiger partial charge in [-0.3, -0.25) is 9.69 Å². The van der Waals surface area contributed by atoms with Crippen molar-refractivity contribution in [2.45, 2.75) is 25.8 Å². The number of likely N-dealkylation sites (tertiary alicyclic amines) is 1. The quantitative estimate of drug-likeness (QED) is 0.882. The molecule has 0 spiro atoms. The highest BCUT2D eigenvalue weighted by Gasteiger charge is 2.26. The topological polar surface area (TPSA) is 73.9 Å². The van der Waals surface area contributed by atoms with Crippen LogP contribution in [0.5, 0.6) is 0 Å². The van der Waals surface area contributed by atoms with E-state index in [-0.39, 0.29) is 23.5 Å². The minimum atomic E-state index is -0.295. The summed E-state index contributed by atoms with van der Waals surface area (Å²) in [6.07, 6.45) is 2.20. The molecule has 1 aromatic heterocycles. The van der Waals surface area contributed by atoms with Crippen LogP contribution >= 0.6 is 0 Å². The van der Waals surface area contributed by atoms with Crippen molar-refractivity contribution >= 4 is 5.91 Å². The van der Waals surface area contributed by atoms with Crippen LogP contribution in [-0.2, 0) is 0 Å². The summed E-state index contributed by atoms with van der Waals surface area (Å²) in [6, 6.07) is 6.57. The highest BCUT2D eigenvalue weighted by Crippen LogP contribution is 2.26. The molecule has 0 radical (unpaired) electrons. The molecule has 1 aliphatic heterocycles. The Bertz CT molecular complexity index is 681. The van der Waals surface area contributed by atoms with E-state index in [1.54, 1.807) is 19.1 Å². The van der Waals surface area contributed by atoms with Gasteiger partial charge in [0, 0.05) is 12.1 Å². The third-order valence-corrected chi connectivity index (χ3v) is 4.24. The Morgan fingerprint density at radius 1 is 1.35 bits per heavy atom. The lowest BCUT2D eigenvalue weighted by Crippen LogP contribution is -2.37. The Morgan fingerprint density at radius 3 is 2.74 bits per heavy atom. The number of aromatic nitrogens is 3. The number of halogens is 1. The van der Waals surface area contributed by atoms with Gasteiger partial charge in [-0.2, -0.15) is 15.4 Å². The maximum atomic E-state index is 14.2. The Hall–Kier alpha value is -2.28. The zero-order valence-electron chi connectivity index (χ0n) is 13.1. The van der Waals surface area contributed by atoms with Gasteiger partial charge in [0.25, 0.3) is 5.91 Å². The lowest BCUT2D eigenvalue weighted by molar-refractivity contribution is 0.0931. The maximum absolute atomic E-state index is 14.2. The number of amides is 1. The number of aromatic amines is 1. The molecule has 1 amide bonds. The first-order valence-corrected chi connectivity index (χ1v) is 7.81. The number of H-pyrrole nitrogens is 1. The van der Waals surface area contributed by atoms with Gasteiger partial charge in [0.1, 0.15) is 5.82 Å². The Morgan fingerprint density at radius 2 is 2.09 bits per heavy atom. The van der Waals surface area contributed by atoms with Gasteiger partial charge in [0.05, 0.1) is 11.7 Å². The molecular weight excluding hydrogens is 297 g/mol. The van der Waals surface area contributed by atoms with Crippen molar-refractivity contribution in [1.29, 1.82) is 0 Å². The van der Waals surface area contributed by atoms with E-state index in [0.717, 1.165) is 25.9 Å². The van der Waals surface area contributed by atoms with Crippen molar-refractivity contribution in [1.82, 2.24) is 25.6 Å². The molecule has 1 atom stereocenters. The number of hydrogen-bond donors (Lipinski definition) is 2. The number of aryl methyl sites for hydroxylation is 1. The van der Waals surface area contributed by atoms with Crippen molar-refractivity contribution < 1.29 is 9.18 Å². The third kappa shape index (κ3) is 3.39. The van der Waals surface area contributed by atoms with Gasteiger partial charge in [-0.05, 0) is 38.9 Å². The van der Waals surface area contributed by atoms with E-state index in [9.17, 15) is 9.18 Å². The molecule has 7 heteroatoms. The molecular formula is C16H20FN5O. The zero-order chi connectivity index (χ0) is 16.2. The van der Waals surface area contributed by atoms with Crippen molar-refractivity contribution in [2.24, 2.45) is 0 Å². The van der Waals surface area contributed by atoms with Gasteiger partial charge in [-0.15, -0.1) is 0 Å². The third-order valence-electron chi connectivity index (χ3n) is 4.24. The van der Waals surface area contributed by atoms with Crippen LogP contribution in [0.4, 0.5) is 4.39 Å². The van der Waals surface area contributed by atoms with E-state index in [4.69, 9.17) is 0 Å². The molecule has 0 aliphatic carbocycles. The minimum Gasteiger partial charge on any atom is -0.349 e. The monoisotopic (exact) mass is 317 g/mol. The van der Waals surface area contributed by atoms with Gasteiger partial charge in [-0.25, -0.2) is 4.39 Å². The molecule has 23 heavy (non-hydrogen) atoms. The second kappa shape index (κ2) is 6.87. The van der Waals surface area contributed by atoms with E-state index in [0.29, 0.717) is 17.8 Å². The van der Waals surface area contributed by atoms with E-state index in [1.165, 1.54) is 6.07 Å². The summed E-state index contributed by atoms with van der Waals surface area (Å²) in [7, 11) is 0. The second-order valence-corrected chi connectivity index (χ2v) is 5.75. The van der Waals surface area contributed by atoms with E-state index >= 15 is 0 Å². The molecule has 1 aliphatic rings. The maximum Gasteiger partial charge on any atom is 0.273 e. The SMILES string of the molecule is Cc1n[nH]nc1C(=O)NC[C@H](c1ccccc1F)N1CCCC1. The number of carbonyl (C=O) groups excluding carboxylic acids is 1. The van der Waals surface area contributed by atoms with Crippen molar-refractivity contribution in [3.63, 3.8) is 0 Å². The predicted octanol–water partition coefficient (Wildman–Crippen LogP) is 1.82. The van der Waals surface area contributed by atoms with Crippen LogP contribution in [0.25, 0.3) is 0 Å². The molecule has 2 heterocycles. The smallest absolute Gasteiger partial charge is 0.273 e. The van der Waals surface area contributed by atoms with E-state index < -0.39 is 0 Å². The number of benzene rings is 1. The Labute approximate surface area is 134 Å². The van der Waals surface area contributed by atoms with Crippen LogP contribution in [0.15, 0.2) is 24.3 Å². The molecule has 1 fully saturated rings. The zero-order valence-corrected chi connectivity index (χ0v) is 13.1. The number of rotatable bonds is 5. The molecule has 0 unspecified atom stereocenters. The summed E-state index contributed by atoms with van der Waals surface area (Å²) in [5, 5.41) is 13.0. The van der Waals surface area contributed by atoms with Crippen molar-refractivity contribution in [3.8, 4) is 0 Å². The molecule has 6 nitrogen and oxygen atoms in total. The van der Waals surface area contributed by atoms with Crippen molar-refractivity contribution in [2.75, 3.05) is 19.6 Å². The Kier molecular flexibility index (Phi) is 4.66. The summed E-state index contributed by atoms with van der Waals surface area (Å²) in [6.45, 7) is 3.88. The van der Waals surface area contributed by atoms with Gasteiger partial charge >= 0.3 is 0 Å². The van der Waals surface area contributed by atoms with Crippen molar-refractivity contribution in [3.05, 3.63) is 47.0 Å². The lowest BCUT2D eigenvalue weighted by Gasteiger charge is -2.28. The van der Waals surface area contributed by atoms with Crippen LogP contribution in [0.3, 0.4) is 0 Å². The summed E-state index contributed by atoms with van der Waals surface area (Å²) in [4.78, 5) is 14.4. The van der Waals surface area contributed by atoms with Crippen LogP contribution in [0.1, 0.15) is 40.6 Å². The fourth-order valence-electron chi connectivity index (χ4n) is 3.01. The van der Waals surface area contributed by atoms with Gasteiger partial charge < -0.3 is 5.32 Å². The number of nitrogens with one attached hydrogen (secondary N) is 2. The molecule has 1 aromatic carbocycles. The normalized spacial score (nSPS) is 16.4. The van der Waals surface area contributed by atoms with Crippen LogP contribution in [0.2, 0.25) is 0 Å². The lowest BCUT2D eigenvalue weighted by atomic mass is 10.0. The largest absolute Gasteiger partial charge is 0.349 e.